The SMILES string of the molecule is COc1ccccc1-c1cc2c3ccccc3ccc2n1-c1cccc(C(=O)O)c1. The summed E-state index contributed by atoms with van der Waals surface area (Å²) in [5.41, 5.74) is 3.95. The van der Waals surface area contributed by atoms with Gasteiger partial charge in [-0.3, -0.25) is 0 Å². The van der Waals surface area contributed by atoms with Gasteiger partial charge in [-0.25, -0.2) is 4.79 Å². The van der Waals surface area contributed by atoms with Gasteiger partial charge in [-0.1, -0.05) is 48.5 Å². The average Bonchev–Trinajstić information content (AvgIpc) is 3.19. The lowest BCUT2D eigenvalue weighted by Crippen LogP contribution is -2.01. The van der Waals surface area contributed by atoms with Gasteiger partial charge in [0.25, 0.3) is 0 Å². The van der Waals surface area contributed by atoms with Gasteiger partial charge in [0, 0.05) is 16.6 Å². The highest BCUT2D eigenvalue weighted by atomic mass is 16.5. The topological polar surface area (TPSA) is 51.5 Å². The van der Waals surface area contributed by atoms with E-state index in [1.165, 1.54) is 0 Å². The zero-order valence-electron chi connectivity index (χ0n) is 16.4. The Balaban J connectivity index is 1.91. The minimum absolute atomic E-state index is 0.251. The molecule has 0 unspecified atom stereocenters. The van der Waals surface area contributed by atoms with E-state index in [-0.39, 0.29) is 5.56 Å². The maximum atomic E-state index is 11.6. The maximum absolute atomic E-state index is 11.6. The van der Waals surface area contributed by atoms with E-state index in [1.54, 1.807) is 25.3 Å². The van der Waals surface area contributed by atoms with Gasteiger partial charge in [0.1, 0.15) is 5.75 Å². The first-order valence-corrected chi connectivity index (χ1v) is 9.68. The molecule has 5 rings (SSSR count). The van der Waals surface area contributed by atoms with E-state index in [9.17, 15) is 9.90 Å². The number of nitrogens with zero attached hydrogens (tertiary/aromatic N) is 1. The van der Waals surface area contributed by atoms with Crippen LogP contribution in [-0.4, -0.2) is 22.8 Å². The van der Waals surface area contributed by atoms with E-state index in [2.05, 4.69) is 34.9 Å². The second-order valence-electron chi connectivity index (χ2n) is 7.14. The first-order chi connectivity index (χ1) is 14.7. The van der Waals surface area contributed by atoms with Crippen molar-refractivity contribution >= 4 is 27.6 Å². The summed E-state index contributed by atoms with van der Waals surface area (Å²) in [6.45, 7) is 0. The number of rotatable bonds is 4. The number of aromatic nitrogens is 1. The predicted octanol–water partition coefficient (Wildman–Crippen LogP) is 6.16. The van der Waals surface area contributed by atoms with Crippen molar-refractivity contribution in [2.75, 3.05) is 7.11 Å². The number of para-hydroxylation sites is 1. The number of hydrogen-bond donors (Lipinski definition) is 1. The van der Waals surface area contributed by atoms with Crippen molar-refractivity contribution in [3.8, 4) is 22.7 Å². The highest BCUT2D eigenvalue weighted by molar-refractivity contribution is 6.09. The molecule has 146 valence electrons. The van der Waals surface area contributed by atoms with Crippen molar-refractivity contribution in [3.63, 3.8) is 0 Å². The van der Waals surface area contributed by atoms with Crippen molar-refractivity contribution < 1.29 is 14.6 Å². The minimum Gasteiger partial charge on any atom is -0.496 e. The van der Waals surface area contributed by atoms with Gasteiger partial charge in [0.15, 0.2) is 0 Å². The Morgan fingerprint density at radius 1 is 0.833 bits per heavy atom. The normalized spacial score (nSPS) is 11.1. The molecule has 4 nitrogen and oxygen atoms in total. The number of aromatic carboxylic acids is 1. The summed E-state index contributed by atoms with van der Waals surface area (Å²) in [7, 11) is 1.66. The van der Waals surface area contributed by atoms with Crippen LogP contribution in [0, 0.1) is 0 Å². The van der Waals surface area contributed by atoms with Crippen LogP contribution in [0.15, 0.2) is 91.0 Å². The van der Waals surface area contributed by atoms with Crippen molar-refractivity contribution in [1.82, 2.24) is 4.57 Å². The number of benzene rings is 4. The first kappa shape index (κ1) is 18.0. The lowest BCUT2D eigenvalue weighted by Gasteiger charge is -2.14. The molecule has 4 aromatic carbocycles. The Kier molecular flexibility index (Phi) is 4.25. The van der Waals surface area contributed by atoms with Crippen LogP contribution in [0.1, 0.15) is 10.4 Å². The molecular formula is C26H19NO3. The van der Waals surface area contributed by atoms with Crippen molar-refractivity contribution in [1.29, 1.82) is 0 Å². The Morgan fingerprint density at radius 2 is 1.63 bits per heavy atom. The highest BCUT2D eigenvalue weighted by Crippen LogP contribution is 2.38. The van der Waals surface area contributed by atoms with Crippen LogP contribution < -0.4 is 4.74 Å². The standard InChI is InChI=1S/C26H19NO3/c1-30-25-12-5-4-11-21(25)24-16-22-20-10-3-2-7-17(20)13-14-23(22)27(24)19-9-6-8-18(15-19)26(28)29/h2-16H,1H3,(H,28,29). The molecule has 1 N–H and O–H groups in total. The number of carboxylic acids is 1. The lowest BCUT2D eigenvalue weighted by molar-refractivity contribution is 0.0697. The van der Waals surface area contributed by atoms with E-state index in [0.29, 0.717) is 0 Å². The van der Waals surface area contributed by atoms with Crippen LogP contribution in [-0.2, 0) is 0 Å². The first-order valence-electron chi connectivity index (χ1n) is 9.68. The summed E-state index contributed by atoms with van der Waals surface area (Å²) >= 11 is 0. The minimum atomic E-state index is -0.947. The van der Waals surface area contributed by atoms with E-state index in [4.69, 9.17) is 4.74 Å². The number of carboxylic acid groups (broad SMARTS) is 1. The van der Waals surface area contributed by atoms with Crippen LogP contribution in [0.3, 0.4) is 0 Å². The van der Waals surface area contributed by atoms with Crippen molar-refractivity contribution in [3.05, 3.63) is 96.6 Å². The molecule has 1 aromatic heterocycles. The fraction of sp³-hybridized carbons (Fsp3) is 0.0385. The maximum Gasteiger partial charge on any atom is 0.335 e. The van der Waals surface area contributed by atoms with Gasteiger partial charge < -0.3 is 14.4 Å². The Labute approximate surface area is 173 Å². The zero-order chi connectivity index (χ0) is 20.7. The highest BCUT2D eigenvalue weighted by Gasteiger charge is 2.18. The summed E-state index contributed by atoms with van der Waals surface area (Å²) in [5.74, 6) is -0.183. The van der Waals surface area contributed by atoms with Gasteiger partial charge in [-0.15, -0.1) is 0 Å². The molecule has 0 atom stereocenters. The van der Waals surface area contributed by atoms with Crippen LogP contribution in [0.4, 0.5) is 0 Å². The molecule has 1 heterocycles. The molecule has 4 heteroatoms. The summed E-state index contributed by atoms with van der Waals surface area (Å²) in [6.07, 6.45) is 0. The third kappa shape index (κ3) is 2.81. The third-order valence-electron chi connectivity index (χ3n) is 5.44. The predicted molar refractivity (Wildman–Crippen MR) is 120 cm³/mol. The van der Waals surface area contributed by atoms with Crippen LogP contribution in [0.5, 0.6) is 5.75 Å². The third-order valence-corrected chi connectivity index (χ3v) is 5.44. The van der Waals surface area contributed by atoms with Gasteiger partial charge in [-0.2, -0.15) is 0 Å². The number of carbonyl (C=O) groups is 1. The number of hydrogen-bond acceptors (Lipinski definition) is 2. The number of ether oxygens (including phenoxy) is 1. The summed E-state index contributed by atoms with van der Waals surface area (Å²) in [5, 5.41) is 12.9. The smallest absolute Gasteiger partial charge is 0.335 e. The van der Waals surface area contributed by atoms with Gasteiger partial charge in [0.2, 0.25) is 0 Å². The monoisotopic (exact) mass is 393 g/mol. The fourth-order valence-electron chi connectivity index (χ4n) is 4.07. The molecular weight excluding hydrogens is 374 g/mol. The second-order valence-corrected chi connectivity index (χ2v) is 7.14. The molecule has 0 aliphatic carbocycles. The van der Waals surface area contributed by atoms with Gasteiger partial charge >= 0.3 is 5.97 Å². The molecule has 0 saturated carbocycles. The summed E-state index contributed by atoms with van der Waals surface area (Å²) in [6, 6.07) is 29.5. The van der Waals surface area contributed by atoms with Gasteiger partial charge in [0.05, 0.1) is 23.9 Å². The van der Waals surface area contributed by atoms with Crippen molar-refractivity contribution in [2.24, 2.45) is 0 Å². The molecule has 0 aliphatic rings. The number of fused-ring (bicyclic) bond motifs is 3. The Morgan fingerprint density at radius 3 is 2.47 bits per heavy atom. The van der Waals surface area contributed by atoms with E-state index in [0.717, 1.165) is 44.4 Å². The molecule has 5 aromatic rings. The molecule has 30 heavy (non-hydrogen) atoms. The van der Waals surface area contributed by atoms with Crippen LogP contribution in [0.2, 0.25) is 0 Å². The molecule has 0 spiro atoms. The van der Waals surface area contributed by atoms with Crippen molar-refractivity contribution in [2.45, 2.75) is 0 Å². The second kappa shape index (κ2) is 7.08. The number of methoxy groups -OCH3 is 1. The van der Waals surface area contributed by atoms with Gasteiger partial charge in [-0.05, 0) is 53.2 Å². The van der Waals surface area contributed by atoms with Crippen LogP contribution >= 0.6 is 0 Å². The fourth-order valence-corrected chi connectivity index (χ4v) is 4.07. The molecule has 0 bridgehead atoms. The Hall–Kier alpha value is -4.05. The quantitative estimate of drug-likeness (QED) is 0.398. The Bertz CT molecular complexity index is 1410. The lowest BCUT2D eigenvalue weighted by atomic mass is 10.1. The molecule has 0 saturated heterocycles. The van der Waals surface area contributed by atoms with E-state index < -0.39 is 5.97 Å². The summed E-state index contributed by atoms with van der Waals surface area (Å²) in [4.78, 5) is 11.6. The molecule has 0 amide bonds. The van der Waals surface area contributed by atoms with E-state index >= 15 is 0 Å². The van der Waals surface area contributed by atoms with Crippen LogP contribution in [0.25, 0.3) is 38.6 Å². The molecule has 0 fully saturated rings. The van der Waals surface area contributed by atoms with E-state index in [1.807, 2.05) is 42.5 Å². The summed E-state index contributed by atoms with van der Waals surface area (Å²) < 4.78 is 7.73. The largest absolute Gasteiger partial charge is 0.496 e. The average molecular weight is 393 g/mol. The zero-order valence-corrected chi connectivity index (χ0v) is 16.4. The molecule has 0 radical (unpaired) electrons. The molecule has 0 aliphatic heterocycles.